The standard InChI is InChI=1S/C17H14F4N4O2S/c1-10-22-16(24-23-10)15(11-5-3-2-4-6-11)25-28(26,27)12-7-8-14(18)13(9-12)17(19,20)21/h2-9,15,25H,1H3,(H,22,23,24). The van der Waals surface area contributed by atoms with Crippen LogP contribution in [0, 0.1) is 12.7 Å². The molecule has 148 valence electrons. The fourth-order valence-electron chi connectivity index (χ4n) is 2.52. The van der Waals surface area contributed by atoms with Gasteiger partial charge in [0.1, 0.15) is 17.7 Å². The van der Waals surface area contributed by atoms with Gasteiger partial charge in [-0.05, 0) is 30.7 Å². The molecule has 0 aliphatic heterocycles. The van der Waals surface area contributed by atoms with Gasteiger partial charge in [-0.15, -0.1) is 0 Å². The van der Waals surface area contributed by atoms with Crippen molar-refractivity contribution in [2.75, 3.05) is 0 Å². The monoisotopic (exact) mass is 414 g/mol. The number of H-pyrrole nitrogens is 1. The topological polar surface area (TPSA) is 87.7 Å². The lowest BCUT2D eigenvalue weighted by molar-refractivity contribution is -0.140. The number of hydrogen-bond donors (Lipinski definition) is 2. The predicted octanol–water partition coefficient (Wildman–Crippen LogP) is 3.34. The van der Waals surface area contributed by atoms with Gasteiger partial charge in [-0.25, -0.2) is 17.8 Å². The van der Waals surface area contributed by atoms with Crippen LogP contribution in [0.2, 0.25) is 0 Å². The number of nitrogens with one attached hydrogen (secondary N) is 2. The quantitative estimate of drug-likeness (QED) is 0.627. The van der Waals surface area contributed by atoms with Crippen LogP contribution in [0.5, 0.6) is 0 Å². The molecule has 3 rings (SSSR count). The zero-order valence-corrected chi connectivity index (χ0v) is 15.1. The molecule has 1 atom stereocenters. The molecular formula is C17H14F4N4O2S. The first kappa shape index (κ1) is 20.0. The Morgan fingerprint density at radius 1 is 1.11 bits per heavy atom. The summed E-state index contributed by atoms with van der Waals surface area (Å²) in [5.74, 6) is -1.04. The van der Waals surface area contributed by atoms with Crippen molar-refractivity contribution in [3.63, 3.8) is 0 Å². The van der Waals surface area contributed by atoms with E-state index in [1.54, 1.807) is 37.3 Å². The van der Waals surface area contributed by atoms with Gasteiger partial charge in [0.05, 0.1) is 10.5 Å². The molecular weight excluding hydrogens is 400 g/mol. The van der Waals surface area contributed by atoms with Gasteiger partial charge >= 0.3 is 6.18 Å². The van der Waals surface area contributed by atoms with Crippen LogP contribution in [0.3, 0.4) is 0 Å². The van der Waals surface area contributed by atoms with Gasteiger partial charge in [0, 0.05) is 0 Å². The van der Waals surface area contributed by atoms with Gasteiger partial charge in [-0.1, -0.05) is 30.3 Å². The van der Waals surface area contributed by atoms with Crippen LogP contribution in [0.15, 0.2) is 53.4 Å². The maximum atomic E-state index is 13.5. The van der Waals surface area contributed by atoms with E-state index in [4.69, 9.17) is 0 Å². The van der Waals surface area contributed by atoms with Crippen molar-refractivity contribution in [1.29, 1.82) is 0 Å². The number of rotatable bonds is 5. The highest BCUT2D eigenvalue weighted by atomic mass is 32.2. The Labute approximate surface area is 157 Å². The highest BCUT2D eigenvalue weighted by Gasteiger charge is 2.36. The van der Waals surface area contributed by atoms with Crippen molar-refractivity contribution in [2.24, 2.45) is 0 Å². The Hall–Kier alpha value is -2.79. The van der Waals surface area contributed by atoms with E-state index in [9.17, 15) is 26.0 Å². The van der Waals surface area contributed by atoms with Gasteiger partial charge in [-0.3, -0.25) is 5.10 Å². The maximum Gasteiger partial charge on any atom is 0.419 e. The number of aromatic amines is 1. The minimum atomic E-state index is -5.03. The fourth-order valence-corrected chi connectivity index (χ4v) is 3.72. The van der Waals surface area contributed by atoms with Crippen molar-refractivity contribution >= 4 is 10.0 Å². The lowest BCUT2D eigenvalue weighted by Crippen LogP contribution is -2.30. The molecule has 6 nitrogen and oxygen atoms in total. The zero-order chi connectivity index (χ0) is 20.5. The number of halogens is 4. The lowest BCUT2D eigenvalue weighted by Gasteiger charge is -2.17. The molecule has 1 unspecified atom stereocenters. The van der Waals surface area contributed by atoms with E-state index < -0.39 is 38.5 Å². The molecule has 3 aromatic rings. The Morgan fingerprint density at radius 2 is 1.79 bits per heavy atom. The molecule has 0 fully saturated rings. The highest BCUT2D eigenvalue weighted by Crippen LogP contribution is 2.33. The molecule has 1 heterocycles. The van der Waals surface area contributed by atoms with Gasteiger partial charge in [0.15, 0.2) is 5.82 Å². The molecule has 0 saturated carbocycles. The van der Waals surface area contributed by atoms with Crippen molar-refractivity contribution in [2.45, 2.75) is 24.0 Å². The van der Waals surface area contributed by atoms with Crippen LogP contribution in [0.25, 0.3) is 0 Å². The van der Waals surface area contributed by atoms with Crippen molar-refractivity contribution in [1.82, 2.24) is 19.9 Å². The van der Waals surface area contributed by atoms with E-state index >= 15 is 0 Å². The molecule has 0 aliphatic rings. The molecule has 0 spiro atoms. The van der Waals surface area contributed by atoms with Crippen molar-refractivity contribution in [3.05, 3.63) is 77.1 Å². The number of benzene rings is 2. The molecule has 11 heteroatoms. The Balaban J connectivity index is 2.03. The second-order valence-electron chi connectivity index (χ2n) is 5.88. The number of sulfonamides is 1. The summed E-state index contributed by atoms with van der Waals surface area (Å²) in [6.07, 6.45) is -5.03. The zero-order valence-electron chi connectivity index (χ0n) is 14.3. The summed E-state index contributed by atoms with van der Waals surface area (Å²) < 4.78 is 80.0. The first-order valence-electron chi connectivity index (χ1n) is 7.91. The second-order valence-corrected chi connectivity index (χ2v) is 7.60. The number of aromatic nitrogens is 3. The molecule has 0 saturated heterocycles. The van der Waals surface area contributed by atoms with Crippen LogP contribution in [0.1, 0.15) is 28.8 Å². The number of hydrogen-bond acceptors (Lipinski definition) is 4. The molecule has 28 heavy (non-hydrogen) atoms. The molecule has 2 aromatic carbocycles. The third-order valence-corrected chi connectivity index (χ3v) is 5.25. The van der Waals surface area contributed by atoms with E-state index in [0.29, 0.717) is 17.5 Å². The number of alkyl halides is 3. The third-order valence-electron chi connectivity index (χ3n) is 3.83. The van der Waals surface area contributed by atoms with Crippen molar-refractivity contribution in [3.8, 4) is 0 Å². The summed E-state index contributed by atoms with van der Waals surface area (Å²) in [4.78, 5) is 3.38. The van der Waals surface area contributed by atoms with E-state index in [2.05, 4.69) is 19.9 Å². The average Bonchev–Trinajstić information content (AvgIpc) is 3.06. The molecule has 1 aromatic heterocycles. The summed E-state index contributed by atoms with van der Waals surface area (Å²) in [7, 11) is -4.46. The minimum Gasteiger partial charge on any atom is -0.263 e. The Kier molecular flexibility index (Phi) is 5.22. The smallest absolute Gasteiger partial charge is 0.263 e. The molecule has 0 bridgehead atoms. The van der Waals surface area contributed by atoms with Crippen LogP contribution < -0.4 is 4.72 Å². The second kappa shape index (κ2) is 7.32. The van der Waals surface area contributed by atoms with Gasteiger partial charge in [0.25, 0.3) is 0 Å². The minimum absolute atomic E-state index is 0.0884. The summed E-state index contributed by atoms with van der Waals surface area (Å²) in [5, 5.41) is 6.52. The van der Waals surface area contributed by atoms with Crippen LogP contribution in [0.4, 0.5) is 17.6 Å². The molecule has 2 N–H and O–H groups in total. The van der Waals surface area contributed by atoms with Crippen molar-refractivity contribution < 1.29 is 26.0 Å². The summed E-state index contributed by atoms with van der Waals surface area (Å²) in [6, 6.07) is 8.69. The number of aryl methyl sites for hydroxylation is 1. The van der Waals surface area contributed by atoms with Crippen LogP contribution in [-0.2, 0) is 16.2 Å². The summed E-state index contributed by atoms with van der Waals surface area (Å²) in [6.45, 7) is 1.61. The molecule has 0 radical (unpaired) electrons. The molecule has 0 amide bonds. The lowest BCUT2D eigenvalue weighted by atomic mass is 10.1. The highest BCUT2D eigenvalue weighted by molar-refractivity contribution is 7.89. The van der Waals surface area contributed by atoms with E-state index in [-0.39, 0.29) is 11.9 Å². The predicted molar refractivity (Wildman–Crippen MR) is 91.1 cm³/mol. The summed E-state index contributed by atoms with van der Waals surface area (Å²) in [5.41, 5.74) is -1.19. The summed E-state index contributed by atoms with van der Waals surface area (Å²) >= 11 is 0. The Morgan fingerprint density at radius 3 is 2.36 bits per heavy atom. The first-order valence-corrected chi connectivity index (χ1v) is 9.39. The Bertz CT molecular complexity index is 1080. The van der Waals surface area contributed by atoms with Gasteiger partial charge in [0.2, 0.25) is 10.0 Å². The van der Waals surface area contributed by atoms with E-state index in [1.807, 2.05) is 0 Å². The number of nitrogens with zero attached hydrogens (tertiary/aromatic N) is 2. The van der Waals surface area contributed by atoms with E-state index in [1.165, 1.54) is 0 Å². The fraction of sp³-hybridized carbons (Fsp3) is 0.176. The normalized spacial score (nSPS) is 13.5. The SMILES string of the molecule is Cc1nc(C(NS(=O)(=O)c2ccc(F)c(C(F)(F)F)c2)c2ccccc2)n[nH]1. The third kappa shape index (κ3) is 4.20. The molecule has 0 aliphatic carbocycles. The van der Waals surface area contributed by atoms with Crippen LogP contribution >= 0.6 is 0 Å². The maximum absolute atomic E-state index is 13.5. The first-order chi connectivity index (χ1) is 13.1. The van der Waals surface area contributed by atoms with E-state index in [0.717, 1.165) is 6.07 Å². The average molecular weight is 414 g/mol. The van der Waals surface area contributed by atoms with Gasteiger partial charge < -0.3 is 0 Å². The largest absolute Gasteiger partial charge is 0.419 e. The van der Waals surface area contributed by atoms with Crippen LogP contribution in [-0.4, -0.2) is 23.6 Å². The van der Waals surface area contributed by atoms with Gasteiger partial charge in [-0.2, -0.15) is 23.0 Å².